The summed E-state index contributed by atoms with van der Waals surface area (Å²) in [6.45, 7) is 1.97. The van der Waals surface area contributed by atoms with Crippen molar-refractivity contribution in [3.63, 3.8) is 0 Å². The molecule has 18 heavy (non-hydrogen) atoms. The van der Waals surface area contributed by atoms with Gasteiger partial charge in [-0.05, 0) is 37.8 Å². The molecule has 0 amide bonds. The van der Waals surface area contributed by atoms with E-state index in [1.165, 1.54) is 12.8 Å². The van der Waals surface area contributed by atoms with Crippen molar-refractivity contribution in [2.24, 2.45) is 5.73 Å². The molecular formula is C15H20N2O. The van der Waals surface area contributed by atoms with Crippen molar-refractivity contribution in [1.29, 1.82) is 5.26 Å². The molecule has 2 unspecified atom stereocenters. The number of hydrogen-bond donors (Lipinski definition) is 1. The molecule has 96 valence electrons. The Balaban J connectivity index is 2.20. The fourth-order valence-corrected chi connectivity index (χ4v) is 2.50. The van der Waals surface area contributed by atoms with E-state index in [-0.39, 0.29) is 12.1 Å². The molecule has 3 heteroatoms. The standard InChI is InChI=1S/C15H20N2O/c1-11-6-5-7-12(10-16)15(11)18-14-9-4-2-3-8-13(14)17/h5-7,13-14H,2-4,8-9,17H2,1H3. The third-order valence-corrected chi connectivity index (χ3v) is 3.61. The topological polar surface area (TPSA) is 59.0 Å². The third kappa shape index (κ3) is 2.83. The second-order valence-electron chi connectivity index (χ2n) is 5.02. The van der Waals surface area contributed by atoms with Gasteiger partial charge in [0, 0.05) is 6.04 Å². The molecule has 2 rings (SSSR count). The number of aryl methyl sites for hydroxylation is 1. The van der Waals surface area contributed by atoms with E-state index < -0.39 is 0 Å². The van der Waals surface area contributed by atoms with Crippen LogP contribution in [0.2, 0.25) is 0 Å². The number of benzene rings is 1. The smallest absolute Gasteiger partial charge is 0.140 e. The summed E-state index contributed by atoms with van der Waals surface area (Å²) < 4.78 is 6.05. The normalized spacial score (nSPS) is 24.1. The summed E-state index contributed by atoms with van der Waals surface area (Å²) >= 11 is 0. The molecule has 2 N–H and O–H groups in total. The van der Waals surface area contributed by atoms with Crippen LogP contribution in [0.4, 0.5) is 0 Å². The molecule has 1 fully saturated rings. The van der Waals surface area contributed by atoms with Gasteiger partial charge in [-0.25, -0.2) is 0 Å². The first-order chi connectivity index (χ1) is 8.72. The Hall–Kier alpha value is -1.53. The van der Waals surface area contributed by atoms with Gasteiger partial charge in [-0.3, -0.25) is 0 Å². The molecule has 0 spiro atoms. The zero-order chi connectivity index (χ0) is 13.0. The number of rotatable bonds is 2. The van der Waals surface area contributed by atoms with Crippen LogP contribution in [-0.4, -0.2) is 12.1 Å². The van der Waals surface area contributed by atoms with Gasteiger partial charge >= 0.3 is 0 Å². The highest BCUT2D eigenvalue weighted by Crippen LogP contribution is 2.27. The maximum Gasteiger partial charge on any atom is 0.140 e. The Morgan fingerprint density at radius 2 is 2.06 bits per heavy atom. The molecule has 1 aromatic carbocycles. The molecule has 1 saturated carbocycles. The highest BCUT2D eigenvalue weighted by Gasteiger charge is 2.23. The van der Waals surface area contributed by atoms with E-state index in [2.05, 4.69) is 6.07 Å². The Labute approximate surface area is 109 Å². The van der Waals surface area contributed by atoms with E-state index in [9.17, 15) is 0 Å². The molecule has 1 aliphatic carbocycles. The van der Waals surface area contributed by atoms with Gasteiger partial charge in [0.15, 0.2) is 0 Å². The molecule has 0 heterocycles. The largest absolute Gasteiger partial charge is 0.487 e. The Morgan fingerprint density at radius 1 is 1.28 bits per heavy atom. The van der Waals surface area contributed by atoms with Crippen molar-refractivity contribution in [1.82, 2.24) is 0 Å². The summed E-state index contributed by atoms with van der Waals surface area (Å²) in [4.78, 5) is 0. The average Bonchev–Trinajstić information content (AvgIpc) is 2.57. The van der Waals surface area contributed by atoms with E-state index >= 15 is 0 Å². The van der Waals surface area contributed by atoms with Crippen molar-refractivity contribution in [3.05, 3.63) is 29.3 Å². The monoisotopic (exact) mass is 244 g/mol. The minimum atomic E-state index is 0.0423. The highest BCUT2D eigenvalue weighted by atomic mass is 16.5. The predicted octanol–water partition coefficient (Wildman–Crippen LogP) is 2.91. The molecule has 1 aliphatic rings. The fraction of sp³-hybridized carbons (Fsp3) is 0.533. The van der Waals surface area contributed by atoms with Gasteiger partial charge in [-0.1, -0.05) is 25.0 Å². The summed E-state index contributed by atoms with van der Waals surface area (Å²) in [7, 11) is 0. The summed E-state index contributed by atoms with van der Waals surface area (Å²) in [6, 6.07) is 7.92. The zero-order valence-corrected chi connectivity index (χ0v) is 10.9. The number of hydrogen-bond acceptors (Lipinski definition) is 3. The molecule has 1 aromatic rings. The van der Waals surface area contributed by atoms with Crippen molar-refractivity contribution >= 4 is 0 Å². The number of nitrogens with zero attached hydrogens (tertiary/aromatic N) is 1. The zero-order valence-electron chi connectivity index (χ0n) is 10.9. The van der Waals surface area contributed by atoms with Crippen LogP contribution in [0.15, 0.2) is 18.2 Å². The maximum absolute atomic E-state index is 9.13. The van der Waals surface area contributed by atoms with Crippen LogP contribution in [0, 0.1) is 18.3 Å². The van der Waals surface area contributed by atoms with Crippen LogP contribution in [0.5, 0.6) is 5.75 Å². The number of ether oxygens (including phenoxy) is 1. The number of nitriles is 1. The van der Waals surface area contributed by atoms with Crippen LogP contribution < -0.4 is 10.5 Å². The third-order valence-electron chi connectivity index (χ3n) is 3.61. The lowest BCUT2D eigenvalue weighted by Gasteiger charge is -2.24. The van der Waals surface area contributed by atoms with E-state index in [0.29, 0.717) is 11.3 Å². The van der Waals surface area contributed by atoms with Crippen LogP contribution in [0.1, 0.15) is 43.2 Å². The van der Waals surface area contributed by atoms with Crippen LogP contribution >= 0.6 is 0 Å². The molecule has 2 atom stereocenters. The lowest BCUT2D eigenvalue weighted by atomic mass is 10.1. The first-order valence-electron chi connectivity index (χ1n) is 6.64. The van der Waals surface area contributed by atoms with Gasteiger partial charge in [0.2, 0.25) is 0 Å². The quantitative estimate of drug-likeness (QED) is 0.814. The molecular weight excluding hydrogens is 224 g/mol. The maximum atomic E-state index is 9.13. The summed E-state index contributed by atoms with van der Waals surface area (Å²) in [5, 5.41) is 9.13. The molecule has 0 aromatic heterocycles. The SMILES string of the molecule is Cc1cccc(C#N)c1OC1CCCCCC1N. The average molecular weight is 244 g/mol. The minimum absolute atomic E-state index is 0.0423. The Morgan fingerprint density at radius 3 is 2.83 bits per heavy atom. The Bertz CT molecular complexity index is 450. The van der Waals surface area contributed by atoms with Crippen LogP contribution in [-0.2, 0) is 0 Å². The van der Waals surface area contributed by atoms with E-state index in [1.54, 1.807) is 6.07 Å². The minimum Gasteiger partial charge on any atom is -0.487 e. The van der Waals surface area contributed by atoms with E-state index in [0.717, 1.165) is 24.8 Å². The van der Waals surface area contributed by atoms with Crippen molar-refractivity contribution < 1.29 is 4.74 Å². The molecule has 0 saturated heterocycles. The van der Waals surface area contributed by atoms with Crippen LogP contribution in [0.25, 0.3) is 0 Å². The van der Waals surface area contributed by atoms with Crippen molar-refractivity contribution in [2.75, 3.05) is 0 Å². The highest BCUT2D eigenvalue weighted by molar-refractivity contribution is 5.48. The van der Waals surface area contributed by atoms with Crippen LogP contribution in [0.3, 0.4) is 0 Å². The summed E-state index contributed by atoms with van der Waals surface area (Å²) in [5.74, 6) is 0.711. The molecule has 3 nitrogen and oxygen atoms in total. The van der Waals surface area contributed by atoms with Gasteiger partial charge in [-0.15, -0.1) is 0 Å². The first kappa shape index (κ1) is 12.9. The van der Waals surface area contributed by atoms with Gasteiger partial charge in [-0.2, -0.15) is 5.26 Å². The summed E-state index contributed by atoms with van der Waals surface area (Å²) in [5.41, 5.74) is 7.77. The second-order valence-corrected chi connectivity index (χ2v) is 5.02. The number of nitrogens with two attached hydrogens (primary N) is 1. The predicted molar refractivity (Wildman–Crippen MR) is 71.4 cm³/mol. The second kappa shape index (κ2) is 5.88. The lowest BCUT2D eigenvalue weighted by Crippen LogP contribution is -2.38. The Kier molecular flexibility index (Phi) is 4.22. The van der Waals surface area contributed by atoms with Gasteiger partial charge in [0.1, 0.15) is 17.9 Å². The van der Waals surface area contributed by atoms with E-state index in [1.807, 2.05) is 19.1 Å². The van der Waals surface area contributed by atoms with Crippen molar-refractivity contribution in [3.8, 4) is 11.8 Å². The van der Waals surface area contributed by atoms with Crippen molar-refractivity contribution in [2.45, 2.75) is 51.2 Å². The van der Waals surface area contributed by atoms with Gasteiger partial charge < -0.3 is 10.5 Å². The number of para-hydroxylation sites is 1. The van der Waals surface area contributed by atoms with Gasteiger partial charge in [0.25, 0.3) is 0 Å². The van der Waals surface area contributed by atoms with E-state index in [4.69, 9.17) is 15.7 Å². The molecule has 0 bridgehead atoms. The fourth-order valence-electron chi connectivity index (χ4n) is 2.50. The molecule has 0 radical (unpaired) electrons. The molecule has 0 aliphatic heterocycles. The summed E-state index contributed by atoms with van der Waals surface area (Å²) in [6.07, 6.45) is 5.61. The lowest BCUT2D eigenvalue weighted by molar-refractivity contribution is 0.161. The first-order valence-corrected chi connectivity index (χ1v) is 6.64. The van der Waals surface area contributed by atoms with Gasteiger partial charge in [0.05, 0.1) is 5.56 Å².